The van der Waals surface area contributed by atoms with Gasteiger partial charge in [0.1, 0.15) is 11.5 Å². The van der Waals surface area contributed by atoms with E-state index in [2.05, 4.69) is 105 Å². The summed E-state index contributed by atoms with van der Waals surface area (Å²) in [7, 11) is 0. The van der Waals surface area contributed by atoms with Gasteiger partial charge < -0.3 is 9.64 Å². The third-order valence-electron chi connectivity index (χ3n) is 3.96. The molecule has 1 aliphatic rings. The van der Waals surface area contributed by atoms with Crippen LogP contribution in [0.4, 0.5) is 17.1 Å². The minimum absolute atomic E-state index is 0.876. The lowest BCUT2D eigenvalue weighted by Gasteiger charge is -2.33. The SMILES string of the molecule is Cc1ccc(N2c3cc[c]([Al])cc3Oc3c[c]([Al])ccc32)cc1. The molecule has 4 rings (SSSR count). The van der Waals surface area contributed by atoms with Crippen LogP contribution in [0.1, 0.15) is 5.56 Å². The number of hydrogen-bond donors (Lipinski definition) is 0. The van der Waals surface area contributed by atoms with E-state index in [1.165, 1.54) is 5.56 Å². The highest BCUT2D eigenvalue weighted by Gasteiger charge is 2.25. The Morgan fingerprint density at radius 2 is 1.26 bits per heavy atom. The molecule has 3 aromatic rings. The van der Waals surface area contributed by atoms with Gasteiger partial charge in [0, 0.05) is 5.69 Å². The second-order valence-corrected chi connectivity index (χ2v) is 7.06. The maximum atomic E-state index is 6.15. The molecule has 3 aromatic carbocycles. The second kappa shape index (κ2) is 5.75. The lowest BCUT2D eigenvalue weighted by molar-refractivity contribution is 0.478. The van der Waals surface area contributed by atoms with Crippen molar-refractivity contribution in [2.45, 2.75) is 6.92 Å². The predicted molar refractivity (Wildman–Crippen MR) is 96.7 cm³/mol. The molecule has 0 spiro atoms. The van der Waals surface area contributed by atoms with E-state index in [4.69, 9.17) is 4.74 Å². The Morgan fingerprint density at radius 1 is 0.739 bits per heavy atom. The van der Waals surface area contributed by atoms with Gasteiger partial charge in [-0.1, -0.05) is 29.8 Å². The average Bonchev–Trinajstić information content (AvgIpc) is 2.53. The van der Waals surface area contributed by atoms with Crippen LogP contribution in [0.3, 0.4) is 0 Å². The van der Waals surface area contributed by atoms with Crippen LogP contribution in [-0.2, 0) is 0 Å². The van der Waals surface area contributed by atoms with Gasteiger partial charge in [-0.3, -0.25) is 0 Å². The van der Waals surface area contributed by atoms with Gasteiger partial charge in [-0.25, -0.2) is 0 Å². The molecule has 0 amide bonds. The molecule has 0 bridgehead atoms. The maximum Gasteiger partial charge on any atom is 0.175 e. The van der Waals surface area contributed by atoms with E-state index < -0.39 is 0 Å². The molecule has 0 fully saturated rings. The Kier molecular flexibility index (Phi) is 3.72. The fourth-order valence-corrected chi connectivity index (χ4v) is 3.31. The molecule has 0 unspecified atom stereocenters. The molecule has 0 atom stereocenters. The standard InChI is InChI=1S/C19H13NO.2Al/c1-14-10-12-15(13-11-14)20-16-6-2-4-8-18(16)21-19-9-5-3-7-17(19)20;;/h2-3,6-13H,1H3;;. The van der Waals surface area contributed by atoms with Gasteiger partial charge in [0.05, 0.1) is 11.4 Å². The van der Waals surface area contributed by atoms with Crippen molar-refractivity contribution in [2.24, 2.45) is 0 Å². The van der Waals surface area contributed by atoms with Crippen molar-refractivity contribution in [3.05, 3.63) is 66.2 Å². The zero-order chi connectivity index (χ0) is 16.0. The molecule has 0 saturated heterocycles. The van der Waals surface area contributed by atoms with E-state index in [-0.39, 0.29) is 0 Å². The van der Waals surface area contributed by atoms with Crippen LogP contribution < -0.4 is 18.5 Å². The number of fused-ring (bicyclic) bond motifs is 2. The summed E-state index contributed by atoms with van der Waals surface area (Å²) in [5, 5.41) is 0. The summed E-state index contributed by atoms with van der Waals surface area (Å²) in [5.74, 6) is 1.75. The molecule has 1 heterocycles. The summed E-state index contributed by atoms with van der Waals surface area (Å²) in [6.07, 6.45) is 0. The van der Waals surface area contributed by atoms with Crippen molar-refractivity contribution in [1.82, 2.24) is 0 Å². The smallest absolute Gasteiger partial charge is 0.175 e. The molecule has 0 saturated carbocycles. The molecule has 4 heteroatoms. The summed E-state index contributed by atoms with van der Waals surface area (Å²) < 4.78 is 8.36. The lowest BCUT2D eigenvalue weighted by Crippen LogP contribution is -2.19. The van der Waals surface area contributed by atoms with Crippen molar-refractivity contribution in [1.29, 1.82) is 0 Å². The predicted octanol–water partition coefficient (Wildman–Crippen LogP) is 3.16. The van der Waals surface area contributed by atoms with E-state index in [1.807, 2.05) is 0 Å². The van der Waals surface area contributed by atoms with Gasteiger partial charge >= 0.3 is 0 Å². The third kappa shape index (κ3) is 2.69. The van der Waals surface area contributed by atoms with E-state index in [0.29, 0.717) is 0 Å². The minimum Gasteiger partial charge on any atom is -0.453 e. The molecule has 23 heavy (non-hydrogen) atoms. The topological polar surface area (TPSA) is 12.5 Å². The van der Waals surface area contributed by atoms with Gasteiger partial charge in [0.15, 0.2) is 32.6 Å². The van der Waals surface area contributed by atoms with Gasteiger partial charge in [-0.05, 0) is 43.3 Å². The molecule has 0 N–H and O–H groups in total. The number of ether oxygens (including phenoxy) is 1. The Hall–Kier alpha value is -1.68. The Morgan fingerprint density at radius 3 is 1.78 bits per heavy atom. The van der Waals surface area contributed by atoms with Crippen molar-refractivity contribution in [3.63, 3.8) is 0 Å². The van der Waals surface area contributed by atoms with Crippen molar-refractivity contribution in [2.75, 3.05) is 4.90 Å². The summed E-state index contributed by atoms with van der Waals surface area (Å²) in [5.41, 5.74) is 4.51. The van der Waals surface area contributed by atoms with Crippen LogP contribution in [0.25, 0.3) is 0 Å². The first-order valence-electron chi connectivity index (χ1n) is 7.45. The minimum atomic E-state index is 0.876. The molecular weight excluding hydrogens is 312 g/mol. The lowest BCUT2D eigenvalue weighted by atomic mass is 10.1. The average molecular weight is 325 g/mol. The fourth-order valence-electron chi connectivity index (χ4n) is 2.81. The Bertz CT molecular complexity index is 839. The van der Waals surface area contributed by atoms with Crippen LogP contribution in [0, 0.1) is 6.92 Å². The summed E-state index contributed by atoms with van der Waals surface area (Å²) in [6.45, 7) is 2.10. The maximum absolute atomic E-state index is 6.15. The fraction of sp³-hybridized carbons (Fsp3) is 0.0526. The molecule has 4 radical (unpaired) electrons. The molecule has 106 valence electrons. The first-order chi connectivity index (χ1) is 11.1. The van der Waals surface area contributed by atoms with Crippen molar-refractivity contribution < 1.29 is 4.74 Å². The number of benzene rings is 3. The van der Waals surface area contributed by atoms with Crippen molar-refractivity contribution in [3.8, 4) is 11.5 Å². The van der Waals surface area contributed by atoms with Gasteiger partial charge in [0.2, 0.25) is 0 Å². The first kappa shape index (κ1) is 14.9. The summed E-state index contributed by atoms with van der Waals surface area (Å²) in [4.78, 5) is 2.25. The van der Waals surface area contributed by atoms with Crippen LogP contribution >= 0.6 is 0 Å². The summed E-state index contributed by atoms with van der Waals surface area (Å²) in [6, 6.07) is 21.1. The van der Waals surface area contributed by atoms with Crippen LogP contribution in [0.5, 0.6) is 11.5 Å². The van der Waals surface area contributed by atoms with Crippen LogP contribution in [0.2, 0.25) is 0 Å². The largest absolute Gasteiger partial charge is 0.453 e. The van der Waals surface area contributed by atoms with E-state index in [0.717, 1.165) is 37.4 Å². The molecular formula is C19H13Al2NO. The molecule has 2 nitrogen and oxygen atoms in total. The highest BCUT2D eigenvalue weighted by molar-refractivity contribution is 6.33. The van der Waals surface area contributed by atoms with Gasteiger partial charge in [0.25, 0.3) is 0 Å². The number of rotatable bonds is 1. The molecule has 0 aromatic heterocycles. The first-order valence-corrected chi connectivity index (χ1v) is 8.61. The van der Waals surface area contributed by atoms with Gasteiger partial charge in [-0.2, -0.15) is 0 Å². The zero-order valence-electron chi connectivity index (χ0n) is 12.8. The van der Waals surface area contributed by atoms with Crippen LogP contribution in [0.15, 0.2) is 60.7 Å². The third-order valence-corrected chi connectivity index (χ3v) is 4.68. The summed E-state index contributed by atoms with van der Waals surface area (Å²) >= 11 is 5.45. The Balaban J connectivity index is 1.95. The van der Waals surface area contributed by atoms with E-state index >= 15 is 0 Å². The number of nitrogens with zero attached hydrogens (tertiary/aromatic N) is 1. The van der Waals surface area contributed by atoms with Crippen LogP contribution in [-0.4, -0.2) is 32.6 Å². The Labute approximate surface area is 152 Å². The molecule has 0 aliphatic carbocycles. The zero-order valence-corrected chi connectivity index (χ0v) is 15.1. The molecule has 1 aliphatic heterocycles. The van der Waals surface area contributed by atoms with Gasteiger partial charge in [-0.15, -0.1) is 8.85 Å². The second-order valence-electron chi connectivity index (χ2n) is 5.73. The number of hydrogen-bond acceptors (Lipinski definition) is 2. The van der Waals surface area contributed by atoms with Crippen molar-refractivity contribution >= 4 is 58.5 Å². The number of anilines is 3. The quantitative estimate of drug-likeness (QED) is 0.499. The normalized spacial score (nSPS) is 12.3. The van der Waals surface area contributed by atoms with E-state index in [1.54, 1.807) is 0 Å². The monoisotopic (exact) mass is 325 g/mol. The number of aryl methyl sites for hydroxylation is 1. The highest BCUT2D eigenvalue weighted by atomic mass is 27.1. The van der Waals surface area contributed by atoms with E-state index in [9.17, 15) is 0 Å². The highest BCUT2D eigenvalue weighted by Crippen LogP contribution is 2.49.